The Morgan fingerprint density at radius 2 is 1.13 bits per heavy atom. The van der Waals surface area contributed by atoms with Gasteiger partial charge in [0.25, 0.3) is 5.97 Å². The molecule has 15 nitrogen and oxygen atoms in total. The van der Waals surface area contributed by atoms with E-state index in [1.807, 2.05) is 64.5 Å². The number of rotatable bonds is 63. The second-order valence-electron chi connectivity index (χ2n) is 27.3. The number of nitrogens with one attached hydrogen (secondary N) is 2. The van der Waals surface area contributed by atoms with Crippen molar-refractivity contribution in [3.63, 3.8) is 0 Å². The highest BCUT2D eigenvalue weighted by Gasteiger charge is 2.42. The Labute approximate surface area is 578 Å². The molecule has 2 saturated heterocycles. The number of fused-ring (bicyclic) bond motifs is 2. The zero-order valence-electron chi connectivity index (χ0n) is 59.3. The van der Waals surface area contributed by atoms with E-state index in [4.69, 9.17) is 23.7 Å². The summed E-state index contributed by atoms with van der Waals surface area (Å²) in [5.41, 5.74) is 0.832. The van der Waals surface area contributed by atoms with Crippen molar-refractivity contribution in [2.75, 3.05) is 110 Å². The number of esters is 2. The van der Waals surface area contributed by atoms with Gasteiger partial charge in [-0.3, -0.25) is 9.59 Å². The molecule has 2 N–H and O–H groups in total. The van der Waals surface area contributed by atoms with Gasteiger partial charge < -0.3 is 48.4 Å². The lowest BCUT2D eigenvalue weighted by Gasteiger charge is -2.30. The molecule has 0 radical (unpaired) electrons. The van der Waals surface area contributed by atoms with Crippen LogP contribution in [0.3, 0.4) is 0 Å². The Morgan fingerprint density at radius 1 is 0.602 bits per heavy atom. The molecule has 93 heavy (non-hydrogen) atoms. The molecule has 0 bridgehead atoms. The van der Waals surface area contributed by atoms with E-state index in [0.29, 0.717) is 44.5 Å². The molecular weight excluding hydrogens is 1250 g/mol. The summed E-state index contributed by atoms with van der Waals surface area (Å²) in [6.45, 7) is 9.31. The molecule has 0 aromatic heterocycles. The highest BCUT2D eigenvalue weighted by molar-refractivity contribution is 8.76. The third-order valence-electron chi connectivity index (χ3n) is 18.3. The van der Waals surface area contributed by atoms with Gasteiger partial charge in [-0.1, -0.05) is 259 Å². The van der Waals surface area contributed by atoms with Crippen LogP contribution in [0.4, 0.5) is 10.5 Å². The van der Waals surface area contributed by atoms with Crippen LogP contribution in [0.15, 0.2) is 41.3 Å². The topological polar surface area (TPSA) is 173 Å². The van der Waals surface area contributed by atoms with Crippen molar-refractivity contribution >= 4 is 77.8 Å². The monoisotopic (exact) mass is 1380 g/mol. The number of carbonyl (C=O) groups excluding carboxylic acids is 3. The average Bonchev–Trinajstić information content (AvgIpc) is 1.62. The van der Waals surface area contributed by atoms with Gasteiger partial charge in [-0.2, -0.15) is 11.8 Å². The summed E-state index contributed by atoms with van der Waals surface area (Å²) in [7, 11) is 7.66. The molecule has 2 aromatic carbocycles. The summed E-state index contributed by atoms with van der Waals surface area (Å²) in [6, 6.07) is 8.86. The Balaban J connectivity index is 1.11. The van der Waals surface area contributed by atoms with Crippen LogP contribution in [0.25, 0.3) is 15.5 Å². The number of quaternary nitrogens is 1. The standard InChI is InChI=1S/C74H131N5O10S4/c1-7-9-11-13-15-17-19-21-23-25-27-29-31-33-35-39-54-86-59-63(87-55-40-36-34-32-30-28-26-24-22-20-18-16-14-12-10-8-2)61-92-91-58-52-79(5,6)51-57-85-53-41-42-56-88-73(81)66(60-89-71(80)50-38-37-48-69-72-67(62-90-69)75-74(82)76-72)77-93(83,84)70-49-44-45-64-65(70)46-43-47-68(64)78(3)4/h43-47,49,63,66-67,69,72H,7-42,48,50-62H2,1-6H3,(H2,75,76,82)/t63?,66-,67-,69-,72-/m0/s1. The number of hydrogen-bond acceptors (Lipinski definition) is 14. The van der Waals surface area contributed by atoms with Crippen LogP contribution in [0, 0.1) is 0 Å². The van der Waals surface area contributed by atoms with E-state index in [0.717, 1.165) is 84.8 Å². The summed E-state index contributed by atoms with van der Waals surface area (Å²) in [5, 5.41) is 7.40. The molecule has 2 aliphatic heterocycles. The number of carbonyl (C=O) groups is 3. The first kappa shape index (κ1) is 82.9. The van der Waals surface area contributed by atoms with Gasteiger partial charge in [-0.15, -0.1) is 0 Å². The predicted octanol–water partition coefficient (Wildman–Crippen LogP) is 18.3. The SMILES string of the molecule is CCCCCCCCCCCCCCCCCCOCC(CSSCC[N+](C)(C)CCOCCCCOC(=O)[C@H](COC(=O)CCCC[C@@H]1SC[C@@H]2NC(=O)N[C@@H]21)[N-]S(=O)(=O)c1cccc2c(N(C)C)cccc12)OCCCCCCCCCCCCCCCCCC. The maximum Gasteiger partial charge on any atom is 0.315 e. The van der Waals surface area contributed by atoms with E-state index in [-0.39, 0.29) is 47.4 Å². The van der Waals surface area contributed by atoms with Crippen molar-refractivity contribution < 1.29 is 51.0 Å². The summed E-state index contributed by atoms with van der Waals surface area (Å²) < 4.78 is 62.9. The van der Waals surface area contributed by atoms with E-state index >= 15 is 0 Å². The molecule has 4 rings (SSSR count). The third-order valence-corrected chi connectivity index (χ3v) is 23.7. The van der Waals surface area contributed by atoms with Crippen LogP contribution < -0.4 is 15.5 Å². The predicted molar refractivity (Wildman–Crippen MR) is 395 cm³/mol. The van der Waals surface area contributed by atoms with E-state index in [1.165, 1.54) is 199 Å². The summed E-state index contributed by atoms with van der Waals surface area (Å²) in [6.07, 6.45) is 47.2. The van der Waals surface area contributed by atoms with Crippen LogP contribution >= 0.6 is 33.3 Å². The van der Waals surface area contributed by atoms with Crippen molar-refractivity contribution in [2.24, 2.45) is 0 Å². The molecule has 2 amide bonds. The van der Waals surface area contributed by atoms with Crippen molar-refractivity contribution in [1.82, 2.24) is 10.6 Å². The van der Waals surface area contributed by atoms with Crippen molar-refractivity contribution in [1.29, 1.82) is 0 Å². The number of amides is 2. The fourth-order valence-corrected chi connectivity index (χ4v) is 17.6. The van der Waals surface area contributed by atoms with Crippen LogP contribution in [-0.2, 0) is 43.3 Å². The highest BCUT2D eigenvalue weighted by atomic mass is 33.1. The highest BCUT2D eigenvalue weighted by Crippen LogP contribution is 2.35. The van der Waals surface area contributed by atoms with Gasteiger partial charge in [0.05, 0.1) is 75.9 Å². The molecule has 0 aliphatic carbocycles. The smallest absolute Gasteiger partial charge is 0.315 e. The minimum absolute atomic E-state index is 0.0350. The maximum atomic E-state index is 14.0. The average molecular weight is 1380 g/mol. The zero-order chi connectivity index (χ0) is 66.9. The Hall–Kier alpha value is -2.49. The number of unbranched alkanes of at least 4 members (excludes halogenated alkanes) is 32. The summed E-state index contributed by atoms with van der Waals surface area (Å²) in [4.78, 5) is 40.3. The van der Waals surface area contributed by atoms with E-state index < -0.39 is 34.6 Å². The molecule has 536 valence electrons. The Bertz CT molecular complexity index is 2350. The van der Waals surface area contributed by atoms with Crippen molar-refractivity contribution in [3.05, 3.63) is 41.1 Å². The molecule has 2 aliphatic rings. The second-order valence-corrected chi connectivity index (χ2v) is 32.8. The number of sulfonamides is 1. The molecule has 2 heterocycles. The van der Waals surface area contributed by atoms with Gasteiger partial charge in [-0.05, 0) is 50.7 Å². The summed E-state index contributed by atoms with van der Waals surface area (Å²) in [5.74, 6) is 1.37. The van der Waals surface area contributed by atoms with E-state index in [9.17, 15) is 22.8 Å². The number of urea groups is 1. The van der Waals surface area contributed by atoms with Gasteiger partial charge >= 0.3 is 12.0 Å². The van der Waals surface area contributed by atoms with Crippen LogP contribution in [0.5, 0.6) is 0 Å². The molecule has 5 atom stereocenters. The van der Waals surface area contributed by atoms with Gasteiger partial charge in [0, 0.05) is 79.6 Å². The lowest BCUT2D eigenvalue weighted by atomic mass is 10.0. The fraction of sp³-hybridized carbons (Fsp3) is 0.824. The normalized spacial score (nSPS) is 16.4. The van der Waals surface area contributed by atoms with E-state index in [1.54, 1.807) is 18.2 Å². The first-order valence-corrected chi connectivity index (χ1v) is 42.2. The molecule has 0 saturated carbocycles. The van der Waals surface area contributed by atoms with E-state index in [2.05, 4.69) is 43.3 Å². The number of anilines is 1. The number of nitrogens with zero attached hydrogens (tertiary/aromatic N) is 3. The van der Waals surface area contributed by atoms with Gasteiger partial charge in [-0.25, -0.2) is 13.2 Å². The molecule has 1 unspecified atom stereocenters. The number of thioether (sulfide) groups is 1. The number of benzene rings is 2. The molecule has 2 fully saturated rings. The van der Waals surface area contributed by atoms with Gasteiger partial charge in [0.15, 0.2) is 0 Å². The second kappa shape index (κ2) is 52.6. The molecule has 0 spiro atoms. The Kier molecular flexibility index (Phi) is 46.9. The summed E-state index contributed by atoms with van der Waals surface area (Å²) >= 11 is 1.82. The van der Waals surface area contributed by atoms with Crippen LogP contribution in [0.2, 0.25) is 0 Å². The fourth-order valence-electron chi connectivity index (χ4n) is 12.3. The number of hydrogen-bond donors (Lipinski definition) is 2. The van der Waals surface area contributed by atoms with Crippen molar-refractivity contribution in [3.8, 4) is 0 Å². The molecule has 19 heteroatoms. The molecular formula is C74H131N5O10S4. The number of likely N-dealkylation sites (N-methyl/N-ethyl adjacent to an activating group) is 1. The van der Waals surface area contributed by atoms with Crippen molar-refractivity contribution in [2.45, 2.75) is 292 Å². The van der Waals surface area contributed by atoms with Gasteiger partial charge in [0.1, 0.15) is 16.6 Å². The lowest BCUT2D eigenvalue weighted by Crippen LogP contribution is -2.44. The minimum atomic E-state index is -4.42. The van der Waals surface area contributed by atoms with Gasteiger partial charge in [0.2, 0.25) is 0 Å². The third kappa shape index (κ3) is 38.5. The Morgan fingerprint density at radius 3 is 1.72 bits per heavy atom. The minimum Gasteiger partial charge on any atom is -0.530 e. The zero-order valence-corrected chi connectivity index (χ0v) is 62.5. The molecule has 2 aromatic rings. The van der Waals surface area contributed by atoms with Crippen LogP contribution in [0.1, 0.15) is 258 Å². The first-order chi connectivity index (χ1) is 45.2. The maximum absolute atomic E-state index is 14.0. The largest absolute Gasteiger partial charge is 0.530 e. The first-order valence-electron chi connectivity index (χ1n) is 37.2. The lowest BCUT2D eigenvalue weighted by molar-refractivity contribution is -0.888. The number of ether oxygens (including phenoxy) is 5. The van der Waals surface area contributed by atoms with Crippen LogP contribution in [-0.4, -0.2) is 165 Å². The quantitative estimate of drug-likeness (QED) is 0.0211.